The minimum atomic E-state index is 0.162. The van der Waals surface area contributed by atoms with Gasteiger partial charge in [-0.15, -0.1) is 0 Å². The summed E-state index contributed by atoms with van der Waals surface area (Å²) in [5.74, 6) is 2.96. The standard InChI is InChI=1S/C25H37FO/c1-3-4-5-17-6-12-23-20(14-17)10-13-24(25(23)26)21-8-7-19-16-22(27-2)11-9-18(19)15-21/h10,13,17-19,21-22H,3-9,11-12,14-16H2,1-2H3. The summed E-state index contributed by atoms with van der Waals surface area (Å²) in [4.78, 5) is 0. The Morgan fingerprint density at radius 1 is 1.04 bits per heavy atom. The molecule has 3 aliphatic carbocycles. The van der Waals surface area contributed by atoms with Crippen LogP contribution < -0.4 is 0 Å². The van der Waals surface area contributed by atoms with Gasteiger partial charge in [0.15, 0.2) is 0 Å². The number of fused-ring (bicyclic) bond motifs is 2. The summed E-state index contributed by atoms with van der Waals surface area (Å²) in [5, 5.41) is 0. The quantitative estimate of drug-likeness (QED) is 0.551. The van der Waals surface area contributed by atoms with Gasteiger partial charge in [0.25, 0.3) is 0 Å². The first kappa shape index (κ1) is 19.4. The molecule has 27 heavy (non-hydrogen) atoms. The second-order valence-electron chi connectivity index (χ2n) is 9.56. The maximum absolute atomic E-state index is 15.4. The zero-order chi connectivity index (χ0) is 18.8. The predicted octanol–water partition coefficient (Wildman–Crippen LogP) is 6.82. The Labute approximate surface area is 165 Å². The van der Waals surface area contributed by atoms with E-state index in [0.717, 1.165) is 48.1 Å². The molecule has 0 N–H and O–H groups in total. The molecular formula is C25H37FO. The number of halogens is 1. The molecule has 0 heterocycles. The third-order valence-corrected chi connectivity index (χ3v) is 7.99. The first-order valence-electron chi connectivity index (χ1n) is 11.5. The van der Waals surface area contributed by atoms with E-state index < -0.39 is 0 Å². The van der Waals surface area contributed by atoms with Gasteiger partial charge in [-0.05, 0) is 98.1 Å². The van der Waals surface area contributed by atoms with Crippen molar-refractivity contribution in [2.45, 2.75) is 96.0 Å². The van der Waals surface area contributed by atoms with E-state index in [1.165, 1.54) is 63.4 Å². The van der Waals surface area contributed by atoms with Crippen LogP contribution in [-0.2, 0) is 17.6 Å². The zero-order valence-electron chi connectivity index (χ0n) is 17.3. The zero-order valence-corrected chi connectivity index (χ0v) is 17.3. The van der Waals surface area contributed by atoms with Crippen LogP contribution in [0.25, 0.3) is 0 Å². The van der Waals surface area contributed by atoms with Gasteiger partial charge in [0.05, 0.1) is 6.10 Å². The average molecular weight is 373 g/mol. The Morgan fingerprint density at radius 3 is 2.67 bits per heavy atom. The van der Waals surface area contributed by atoms with E-state index in [0.29, 0.717) is 12.0 Å². The number of ether oxygens (including phenoxy) is 1. The summed E-state index contributed by atoms with van der Waals surface area (Å²) >= 11 is 0. The number of unbranched alkanes of at least 4 members (excludes halogenated alkanes) is 1. The molecule has 1 nitrogen and oxygen atoms in total. The first-order chi connectivity index (χ1) is 13.2. The van der Waals surface area contributed by atoms with Gasteiger partial charge in [0.2, 0.25) is 0 Å². The van der Waals surface area contributed by atoms with E-state index in [2.05, 4.69) is 19.1 Å². The molecule has 1 aromatic rings. The minimum Gasteiger partial charge on any atom is -0.381 e. The lowest BCUT2D eigenvalue weighted by Gasteiger charge is -2.42. The number of rotatable bonds is 5. The first-order valence-corrected chi connectivity index (χ1v) is 11.5. The highest BCUT2D eigenvalue weighted by molar-refractivity contribution is 5.38. The number of hydrogen-bond acceptors (Lipinski definition) is 1. The lowest BCUT2D eigenvalue weighted by atomic mass is 9.65. The van der Waals surface area contributed by atoms with Crippen LogP contribution in [0, 0.1) is 23.6 Å². The molecular weight excluding hydrogens is 335 g/mol. The van der Waals surface area contributed by atoms with Gasteiger partial charge < -0.3 is 4.74 Å². The summed E-state index contributed by atoms with van der Waals surface area (Å²) < 4.78 is 21.0. The third kappa shape index (κ3) is 4.11. The fraction of sp³-hybridized carbons (Fsp3) is 0.760. The van der Waals surface area contributed by atoms with E-state index in [1.54, 1.807) is 0 Å². The lowest BCUT2D eigenvalue weighted by molar-refractivity contribution is 0.0121. The van der Waals surface area contributed by atoms with E-state index >= 15 is 4.39 Å². The Bertz CT molecular complexity index is 639. The molecule has 2 saturated carbocycles. The van der Waals surface area contributed by atoms with Crippen LogP contribution in [0.15, 0.2) is 12.1 Å². The molecule has 0 bridgehead atoms. The van der Waals surface area contributed by atoms with Crippen LogP contribution in [0.4, 0.5) is 4.39 Å². The molecule has 0 aliphatic heterocycles. The highest BCUT2D eigenvalue weighted by atomic mass is 19.1. The Morgan fingerprint density at radius 2 is 1.85 bits per heavy atom. The maximum Gasteiger partial charge on any atom is 0.130 e. The topological polar surface area (TPSA) is 9.23 Å². The maximum atomic E-state index is 15.4. The third-order valence-electron chi connectivity index (χ3n) is 7.99. The van der Waals surface area contributed by atoms with Crippen molar-refractivity contribution in [3.8, 4) is 0 Å². The summed E-state index contributed by atoms with van der Waals surface area (Å²) in [5.41, 5.74) is 3.40. The van der Waals surface area contributed by atoms with Crippen molar-refractivity contribution < 1.29 is 9.13 Å². The van der Waals surface area contributed by atoms with Crippen molar-refractivity contribution in [1.29, 1.82) is 0 Å². The van der Waals surface area contributed by atoms with Crippen LogP contribution in [0.3, 0.4) is 0 Å². The molecule has 0 saturated heterocycles. The molecule has 0 aromatic heterocycles. The van der Waals surface area contributed by atoms with Gasteiger partial charge in [0, 0.05) is 7.11 Å². The number of benzene rings is 1. The normalized spacial score (nSPS) is 33.4. The fourth-order valence-corrected chi connectivity index (χ4v) is 6.30. The van der Waals surface area contributed by atoms with Crippen molar-refractivity contribution in [2.75, 3.05) is 7.11 Å². The molecule has 3 aliphatic rings. The Hall–Kier alpha value is -0.890. The molecule has 0 spiro atoms. The number of hydrogen-bond donors (Lipinski definition) is 0. The molecule has 2 heteroatoms. The SMILES string of the molecule is CCCCC1CCc2c(ccc(C3CCC4CC(OC)CCC4C3)c2F)C1. The van der Waals surface area contributed by atoms with E-state index in [9.17, 15) is 0 Å². The molecule has 5 atom stereocenters. The second kappa shape index (κ2) is 8.64. The van der Waals surface area contributed by atoms with Crippen LogP contribution >= 0.6 is 0 Å². The Balaban J connectivity index is 1.45. The Kier molecular flexibility index (Phi) is 6.21. The molecule has 1 aromatic carbocycles. The van der Waals surface area contributed by atoms with Crippen LogP contribution in [0.5, 0.6) is 0 Å². The van der Waals surface area contributed by atoms with Gasteiger partial charge in [-0.3, -0.25) is 0 Å². The average Bonchev–Trinajstić information content (AvgIpc) is 2.71. The van der Waals surface area contributed by atoms with Crippen molar-refractivity contribution in [3.63, 3.8) is 0 Å². The lowest BCUT2D eigenvalue weighted by Crippen LogP contribution is -2.33. The molecule has 5 unspecified atom stereocenters. The highest BCUT2D eigenvalue weighted by Gasteiger charge is 2.37. The monoisotopic (exact) mass is 372 g/mol. The van der Waals surface area contributed by atoms with Crippen LogP contribution in [-0.4, -0.2) is 13.2 Å². The van der Waals surface area contributed by atoms with Gasteiger partial charge >= 0.3 is 0 Å². The van der Waals surface area contributed by atoms with E-state index in [4.69, 9.17) is 4.74 Å². The van der Waals surface area contributed by atoms with Crippen molar-refractivity contribution in [2.24, 2.45) is 17.8 Å². The van der Waals surface area contributed by atoms with Gasteiger partial charge in [0.1, 0.15) is 5.82 Å². The summed E-state index contributed by atoms with van der Waals surface area (Å²) in [6.07, 6.45) is 14.9. The van der Waals surface area contributed by atoms with Crippen LogP contribution in [0.2, 0.25) is 0 Å². The fourth-order valence-electron chi connectivity index (χ4n) is 6.30. The summed E-state index contributed by atoms with van der Waals surface area (Å²) in [6, 6.07) is 4.43. The van der Waals surface area contributed by atoms with Gasteiger partial charge in [-0.25, -0.2) is 4.39 Å². The molecule has 0 radical (unpaired) electrons. The summed E-state index contributed by atoms with van der Waals surface area (Å²) in [7, 11) is 1.85. The van der Waals surface area contributed by atoms with E-state index in [-0.39, 0.29) is 5.82 Å². The van der Waals surface area contributed by atoms with E-state index in [1.807, 2.05) is 7.11 Å². The molecule has 150 valence electrons. The van der Waals surface area contributed by atoms with Crippen molar-refractivity contribution in [1.82, 2.24) is 0 Å². The molecule has 4 rings (SSSR count). The molecule has 0 amide bonds. The van der Waals surface area contributed by atoms with Crippen molar-refractivity contribution >= 4 is 0 Å². The largest absolute Gasteiger partial charge is 0.381 e. The second-order valence-corrected chi connectivity index (χ2v) is 9.56. The van der Waals surface area contributed by atoms with Gasteiger partial charge in [-0.2, -0.15) is 0 Å². The van der Waals surface area contributed by atoms with Crippen molar-refractivity contribution in [3.05, 3.63) is 34.6 Å². The smallest absolute Gasteiger partial charge is 0.130 e. The van der Waals surface area contributed by atoms with Crippen LogP contribution in [0.1, 0.15) is 93.7 Å². The predicted molar refractivity (Wildman–Crippen MR) is 110 cm³/mol. The summed E-state index contributed by atoms with van der Waals surface area (Å²) in [6.45, 7) is 2.26. The van der Waals surface area contributed by atoms with Gasteiger partial charge in [-0.1, -0.05) is 38.3 Å². The minimum absolute atomic E-state index is 0.162. The highest BCUT2D eigenvalue weighted by Crippen LogP contribution is 2.47. The molecule has 2 fully saturated rings. The number of methoxy groups -OCH3 is 1.